The Kier molecular flexibility index (Phi) is 5.16. The van der Waals surface area contributed by atoms with E-state index in [1.165, 1.54) is 0 Å². The van der Waals surface area contributed by atoms with Crippen LogP contribution in [0.1, 0.15) is 5.56 Å². The molecule has 9 nitrogen and oxygen atoms in total. The SMILES string of the molecule is COc1ccc(CN2CCN(c3ncnc4nc[nH]c34)CC2)c(OC)c1OC. The first-order valence-electron chi connectivity index (χ1n) is 9.14. The van der Waals surface area contributed by atoms with Gasteiger partial charge in [-0.25, -0.2) is 15.0 Å². The third-order valence-corrected chi connectivity index (χ3v) is 5.05. The Bertz CT molecular complexity index is 952. The summed E-state index contributed by atoms with van der Waals surface area (Å²) in [4.78, 5) is 20.7. The number of nitrogens with one attached hydrogen (secondary N) is 1. The average molecular weight is 384 g/mol. The quantitative estimate of drug-likeness (QED) is 0.687. The summed E-state index contributed by atoms with van der Waals surface area (Å²) >= 11 is 0. The van der Waals surface area contributed by atoms with Crippen molar-refractivity contribution in [1.29, 1.82) is 0 Å². The van der Waals surface area contributed by atoms with Gasteiger partial charge in [0.05, 0.1) is 27.7 Å². The molecule has 3 heterocycles. The van der Waals surface area contributed by atoms with E-state index in [2.05, 4.69) is 29.7 Å². The molecule has 0 atom stereocenters. The molecular formula is C19H24N6O3. The van der Waals surface area contributed by atoms with Crippen LogP contribution >= 0.6 is 0 Å². The number of methoxy groups -OCH3 is 3. The van der Waals surface area contributed by atoms with Crippen LogP contribution in [0.25, 0.3) is 11.2 Å². The Morgan fingerprint density at radius 1 is 0.929 bits per heavy atom. The van der Waals surface area contributed by atoms with Gasteiger partial charge in [-0.15, -0.1) is 0 Å². The summed E-state index contributed by atoms with van der Waals surface area (Å²) in [6.07, 6.45) is 3.22. The molecule has 0 unspecified atom stereocenters. The van der Waals surface area contributed by atoms with E-state index in [0.717, 1.165) is 55.4 Å². The van der Waals surface area contributed by atoms with Crippen LogP contribution in [0.3, 0.4) is 0 Å². The van der Waals surface area contributed by atoms with E-state index in [1.54, 1.807) is 34.0 Å². The lowest BCUT2D eigenvalue weighted by atomic mass is 10.1. The number of anilines is 1. The fourth-order valence-electron chi connectivity index (χ4n) is 3.64. The summed E-state index contributed by atoms with van der Waals surface area (Å²) in [7, 11) is 4.91. The average Bonchev–Trinajstić information content (AvgIpc) is 3.23. The van der Waals surface area contributed by atoms with Crippen molar-refractivity contribution in [1.82, 2.24) is 24.8 Å². The number of aromatic nitrogens is 4. The van der Waals surface area contributed by atoms with Crippen molar-refractivity contribution in [2.24, 2.45) is 0 Å². The van der Waals surface area contributed by atoms with Gasteiger partial charge in [-0.3, -0.25) is 4.90 Å². The van der Waals surface area contributed by atoms with Crippen molar-refractivity contribution in [3.8, 4) is 17.2 Å². The number of fused-ring (bicyclic) bond motifs is 1. The first kappa shape index (κ1) is 18.3. The van der Waals surface area contributed by atoms with Gasteiger partial charge in [0.2, 0.25) is 5.75 Å². The fourth-order valence-corrected chi connectivity index (χ4v) is 3.64. The minimum Gasteiger partial charge on any atom is -0.493 e. The van der Waals surface area contributed by atoms with E-state index >= 15 is 0 Å². The summed E-state index contributed by atoms with van der Waals surface area (Å²) < 4.78 is 16.5. The van der Waals surface area contributed by atoms with Gasteiger partial charge in [-0.1, -0.05) is 6.07 Å². The third-order valence-electron chi connectivity index (χ3n) is 5.05. The minimum atomic E-state index is 0.628. The maximum absolute atomic E-state index is 5.61. The molecule has 28 heavy (non-hydrogen) atoms. The molecule has 3 aromatic rings. The van der Waals surface area contributed by atoms with Gasteiger partial charge in [0.1, 0.15) is 11.8 Å². The van der Waals surface area contributed by atoms with E-state index in [9.17, 15) is 0 Å². The van der Waals surface area contributed by atoms with Crippen LogP contribution in [0.15, 0.2) is 24.8 Å². The predicted molar refractivity (Wildman–Crippen MR) is 105 cm³/mol. The van der Waals surface area contributed by atoms with Crippen LogP contribution < -0.4 is 19.1 Å². The standard InChI is InChI=1S/C19H24N6O3/c1-26-14-5-4-13(16(27-2)17(14)28-3)10-24-6-8-25(9-7-24)19-15-18(21-11-20-15)22-12-23-19/h4-5,11-12H,6-10H2,1-3H3,(H,20,21,22,23). The topological polar surface area (TPSA) is 88.6 Å². The zero-order valence-corrected chi connectivity index (χ0v) is 16.3. The van der Waals surface area contributed by atoms with Crippen LogP contribution in [0.5, 0.6) is 17.2 Å². The lowest BCUT2D eigenvalue weighted by Crippen LogP contribution is -2.46. The predicted octanol–water partition coefficient (Wildman–Crippen LogP) is 1.70. The zero-order chi connectivity index (χ0) is 19.5. The summed E-state index contributed by atoms with van der Waals surface area (Å²) in [5.74, 6) is 2.93. The minimum absolute atomic E-state index is 0.628. The number of ether oxygens (including phenoxy) is 3. The van der Waals surface area contributed by atoms with Crippen LogP contribution in [0.4, 0.5) is 5.82 Å². The zero-order valence-electron chi connectivity index (χ0n) is 16.3. The maximum Gasteiger partial charge on any atom is 0.203 e. The smallest absolute Gasteiger partial charge is 0.203 e. The van der Waals surface area contributed by atoms with Gasteiger partial charge in [0.15, 0.2) is 23.0 Å². The molecule has 1 aliphatic rings. The molecule has 0 aliphatic carbocycles. The number of hydrogen-bond donors (Lipinski definition) is 1. The molecule has 2 aromatic heterocycles. The van der Waals surface area contributed by atoms with Gasteiger partial charge in [0.25, 0.3) is 0 Å². The van der Waals surface area contributed by atoms with Crippen LogP contribution in [-0.2, 0) is 6.54 Å². The Labute approximate surface area is 163 Å². The highest BCUT2D eigenvalue weighted by Gasteiger charge is 2.23. The first-order chi connectivity index (χ1) is 13.7. The molecule has 0 amide bonds. The summed E-state index contributed by atoms with van der Waals surface area (Å²) in [5.41, 5.74) is 2.66. The molecule has 1 saturated heterocycles. The Morgan fingerprint density at radius 2 is 1.71 bits per heavy atom. The van der Waals surface area contributed by atoms with Crippen LogP contribution in [0, 0.1) is 0 Å². The van der Waals surface area contributed by atoms with Crippen molar-refractivity contribution >= 4 is 17.0 Å². The summed E-state index contributed by atoms with van der Waals surface area (Å²) in [5, 5.41) is 0. The molecule has 148 valence electrons. The molecule has 4 rings (SSSR count). The Morgan fingerprint density at radius 3 is 2.43 bits per heavy atom. The molecule has 1 N–H and O–H groups in total. The molecule has 0 radical (unpaired) electrons. The van der Waals surface area contributed by atoms with Crippen molar-refractivity contribution < 1.29 is 14.2 Å². The maximum atomic E-state index is 5.61. The monoisotopic (exact) mass is 384 g/mol. The molecule has 1 aromatic carbocycles. The lowest BCUT2D eigenvalue weighted by molar-refractivity contribution is 0.243. The van der Waals surface area contributed by atoms with Crippen molar-refractivity contribution in [3.05, 3.63) is 30.4 Å². The molecule has 0 bridgehead atoms. The largest absolute Gasteiger partial charge is 0.493 e. The number of piperazine rings is 1. The molecule has 0 saturated carbocycles. The third kappa shape index (κ3) is 3.29. The molecule has 1 aliphatic heterocycles. The number of H-pyrrole nitrogens is 1. The van der Waals surface area contributed by atoms with E-state index < -0.39 is 0 Å². The second-order valence-electron chi connectivity index (χ2n) is 6.56. The molecule has 9 heteroatoms. The molecule has 1 fully saturated rings. The number of nitrogens with zero attached hydrogens (tertiary/aromatic N) is 5. The number of benzene rings is 1. The highest BCUT2D eigenvalue weighted by Crippen LogP contribution is 2.40. The Balaban J connectivity index is 1.47. The van der Waals surface area contributed by atoms with E-state index in [-0.39, 0.29) is 0 Å². The van der Waals surface area contributed by atoms with E-state index in [0.29, 0.717) is 17.1 Å². The van der Waals surface area contributed by atoms with E-state index in [4.69, 9.17) is 14.2 Å². The van der Waals surface area contributed by atoms with Crippen molar-refractivity contribution in [2.45, 2.75) is 6.54 Å². The van der Waals surface area contributed by atoms with Crippen molar-refractivity contribution in [2.75, 3.05) is 52.4 Å². The van der Waals surface area contributed by atoms with Gasteiger partial charge < -0.3 is 24.1 Å². The number of rotatable bonds is 6. The summed E-state index contributed by atoms with van der Waals surface area (Å²) in [6, 6.07) is 3.95. The fraction of sp³-hybridized carbons (Fsp3) is 0.421. The second-order valence-corrected chi connectivity index (χ2v) is 6.56. The van der Waals surface area contributed by atoms with Gasteiger partial charge >= 0.3 is 0 Å². The number of hydrogen-bond acceptors (Lipinski definition) is 8. The number of imidazole rings is 1. The highest BCUT2D eigenvalue weighted by molar-refractivity contribution is 5.82. The Hall–Kier alpha value is -3.07. The van der Waals surface area contributed by atoms with Gasteiger partial charge in [-0.2, -0.15) is 0 Å². The van der Waals surface area contributed by atoms with Gasteiger partial charge in [0, 0.05) is 38.3 Å². The highest BCUT2D eigenvalue weighted by atomic mass is 16.5. The summed E-state index contributed by atoms with van der Waals surface area (Å²) in [6.45, 7) is 4.36. The first-order valence-corrected chi connectivity index (χ1v) is 9.14. The van der Waals surface area contributed by atoms with Crippen molar-refractivity contribution in [3.63, 3.8) is 0 Å². The molecule has 0 spiro atoms. The van der Waals surface area contributed by atoms with Crippen LogP contribution in [-0.4, -0.2) is 72.3 Å². The number of aromatic amines is 1. The van der Waals surface area contributed by atoms with E-state index in [1.807, 2.05) is 12.1 Å². The normalized spacial score (nSPS) is 15.0. The van der Waals surface area contributed by atoms with Crippen LogP contribution in [0.2, 0.25) is 0 Å². The molecular weight excluding hydrogens is 360 g/mol. The lowest BCUT2D eigenvalue weighted by Gasteiger charge is -2.35. The second kappa shape index (κ2) is 7.89. The van der Waals surface area contributed by atoms with Gasteiger partial charge in [-0.05, 0) is 6.07 Å².